The molecule has 0 amide bonds. The molecule has 0 aliphatic carbocycles. The maximum Gasteiger partial charge on any atom is 0.304 e. The van der Waals surface area contributed by atoms with Gasteiger partial charge in [-0.15, -0.1) is 0 Å². The van der Waals surface area contributed by atoms with Gasteiger partial charge in [0.05, 0.1) is 25.2 Å². The highest BCUT2D eigenvalue weighted by molar-refractivity contribution is 5.67. The Morgan fingerprint density at radius 3 is 2.35 bits per heavy atom. The van der Waals surface area contributed by atoms with E-state index in [9.17, 15) is 9.90 Å². The van der Waals surface area contributed by atoms with Crippen molar-refractivity contribution in [3.63, 3.8) is 0 Å². The Morgan fingerprint density at radius 1 is 1.35 bits per heavy atom. The zero-order valence-electron chi connectivity index (χ0n) is 11.2. The molecule has 102 valence electrons. The van der Waals surface area contributed by atoms with E-state index >= 15 is 0 Å². The summed E-state index contributed by atoms with van der Waals surface area (Å²) in [7, 11) is 0. The number of likely N-dealkylation sites (N-methyl/N-ethyl adjacent to an activating group) is 1. The number of aliphatic carboxylic acids is 1. The van der Waals surface area contributed by atoms with Gasteiger partial charge in [-0.2, -0.15) is 0 Å². The highest BCUT2D eigenvalue weighted by Gasteiger charge is 2.18. The molecular weight excluding hydrogens is 222 g/mol. The number of rotatable bonds is 9. The molecule has 0 aliphatic heterocycles. The molecule has 0 fully saturated rings. The van der Waals surface area contributed by atoms with Crippen molar-refractivity contribution in [2.45, 2.75) is 52.4 Å². The van der Waals surface area contributed by atoms with E-state index in [1.165, 1.54) is 0 Å². The molecule has 0 rings (SSSR count). The Bertz CT molecular complexity index is 221. The summed E-state index contributed by atoms with van der Waals surface area (Å²) < 4.78 is 5.32. The van der Waals surface area contributed by atoms with Crippen LogP contribution in [0.4, 0.5) is 0 Å². The molecule has 2 N–H and O–H groups in total. The van der Waals surface area contributed by atoms with Crippen LogP contribution in [0.3, 0.4) is 0 Å². The molecule has 0 heterocycles. The molecule has 0 bridgehead atoms. The summed E-state index contributed by atoms with van der Waals surface area (Å²) in [6.07, 6.45) is -0.393. The third-order valence-corrected chi connectivity index (χ3v) is 2.57. The number of carboxylic acids is 1. The lowest BCUT2D eigenvalue weighted by molar-refractivity contribution is -0.138. The third-order valence-electron chi connectivity index (χ3n) is 2.57. The summed E-state index contributed by atoms with van der Waals surface area (Å²) >= 11 is 0. The Labute approximate surface area is 103 Å². The average molecular weight is 247 g/mol. The first-order chi connectivity index (χ1) is 7.86. The minimum atomic E-state index is -0.816. The molecule has 0 aromatic rings. The fourth-order valence-electron chi connectivity index (χ4n) is 1.63. The third kappa shape index (κ3) is 8.12. The van der Waals surface area contributed by atoms with Gasteiger partial charge in [0.1, 0.15) is 0 Å². The molecular formula is C12H25NO4. The van der Waals surface area contributed by atoms with Crippen molar-refractivity contribution in [3.8, 4) is 0 Å². The quantitative estimate of drug-likeness (QED) is 0.635. The lowest BCUT2D eigenvalue weighted by Crippen LogP contribution is -2.41. The van der Waals surface area contributed by atoms with E-state index in [2.05, 4.69) is 0 Å². The van der Waals surface area contributed by atoms with Crippen molar-refractivity contribution in [2.75, 3.05) is 19.7 Å². The van der Waals surface area contributed by atoms with Crippen LogP contribution in [0, 0.1) is 0 Å². The summed E-state index contributed by atoms with van der Waals surface area (Å²) in [6, 6.07) is -0.0776. The number of ether oxygens (including phenoxy) is 1. The van der Waals surface area contributed by atoms with Crippen LogP contribution in [0.2, 0.25) is 0 Å². The van der Waals surface area contributed by atoms with Crippen LogP contribution in [0.15, 0.2) is 0 Å². The maximum atomic E-state index is 10.6. The summed E-state index contributed by atoms with van der Waals surface area (Å²) in [5.41, 5.74) is 0. The van der Waals surface area contributed by atoms with Crippen LogP contribution in [0.1, 0.15) is 34.1 Å². The fourth-order valence-corrected chi connectivity index (χ4v) is 1.63. The predicted octanol–water partition coefficient (Wildman–Crippen LogP) is 0.957. The molecule has 2 atom stereocenters. The Kier molecular flexibility index (Phi) is 8.12. The van der Waals surface area contributed by atoms with Crippen LogP contribution >= 0.6 is 0 Å². The number of carbonyl (C=O) groups is 1. The van der Waals surface area contributed by atoms with Gasteiger partial charge in [0.15, 0.2) is 0 Å². The maximum absolute atomic E-state index is 10.6. The number of carboxylic acid groups (broad SMARTS) is 1. The van der Waals surface area contributed by atoms with Crippen molar-refractivity contribution in [1.82, 2.24) is 4.90 Å². The Balaban J connectivity index is 4.06. The molecule has 0 spiro atoms. The van der Waals surface area contributed by atoms with Gasteiger partial charge in [-0.3, -0.25) is 9.69 Å². The van der Waals surface area contributed by atoms with Crippen molar-refractivity contribution >= 4 is 5.97 Å². The van der Waals surface area contributed by atoms with Crippen molar-refractivity contribution < 1.29 is 19.7 Å². The van der Waals surface area contributed by atoms with Gasteiger partial charge in [-0.25, -0.2) is 0 Å². The van der Waals surface area contributed by atoms with Crippen LogP contribution in [-0.4, -0.2) is 59.0 Å². The molecule has 0 aliphatic rings. The van der Waals surface area contributed by atoms with Crippen LogP contribution in [0.5, 0.6) is 0 Å². The second kappa shape index (κ2) is 8.44. The van der Waals surface area contributed by atoms with Crippen LogP contribution in [-0.2, 0) is 9.53 Å². The minimum absolute atomic E-state index is 0.0776. The van der Waals surface area contributed by atoms with E-state index in [4.69, 9.17) is 9.84 Å². The van der Waals surface area contributed by atoms with Crippen molar-refractivity contribution in [3.05, 3.63) is 0 Å². The van der Waals surface area contributed by atoms with Gasteiger partial charge in [0.2, 0.25) is 0 Å². The average Bonchev–Trinajstić information content (AvgIpc) is 2.21. The summed E-state index contributed by atoms with van der Waals surface area (Å²) in [4.78, 5) is 12.6. The number of aliphatic hydroxyl groups is 1. The molecule has 5 nitrogen and oxygen atoms in total. The van der Waals surface area contributed by atoms with E-state index in [0.717, 1.165) is 0 Å². The van der Waals surface area contributed by atoms with Gasteiger partial charge < -0.3 is 14.9 Å². The second-order valence-corrected chi connectivity index (χ2v) is 4.57. The van der Waals surface area contributed by atoms with Crippen molar-refractivity contribution in [1.29, 1.82) is 0 Å². The van der Waals surface area contributed by atoms with Gasteiger partial charge in [-0.05, 0) is 27.3 Å². The zero-order valence-corrected chi connectivity index (χ0v) is 11.2. The first-order valence-corrected chi connectivity index (χ1v) is 6.12. The summed E-state index contributed by atoms with van der Waals surface area (Å²) in [5.74, 6) is -0.816. The largest absolute Gasteiger partial charge is 0.481 e. The SMILES string of the molecule is CCN(CC(O)COC(C)C)C(C)CC(=O)O. The first-order valence-electron chi connectivity index (χ1n) is 6.12. The predicted molar refractivity (Wildman–Crippen MR) is 66.1 cm³/mol. The van der Waals surface area contributed by atoms with Gasteiger partial charge in [0, 0.05) is 12.6 Å². The Morgan fingerprint density at radius 2 is 1.94 bits per heavy atom. The molecule has 0 aromatic carbocycles. The zero-order chi connectivity index (χ0) is 13.4. The van der Waals surface area contributed by atoms with Crippen LogP contribution in [0.25, 0.3) is 0 Å². The van der Waals surface area contributed by atoms with Crippen LogP contribution < -0.4 is 0 Å². The first kappa shape index (κ1) is 16.4. The minimum Gasteiger partial charge on any atom is -0.481 e. The monoisotopic (exact) mass is 247 g/mol. The van der Waals surface area contributed by atoms with Gasteiger partial charge in [-0.1, -0.05) is 6.92 Å². The van der Waals surface area contributed by atoms with E-state index in [0.29, 0.717) is 13.1 Å². The lowest BCUT2D eigenvalue weighted by atomic mass is 10.2. The van der Waals surface area contributed by atoms with Crippen molar-refractivity contribution in [2.24, 2.45) is 0 Å². The smallest absolute Gasteiger partial charge is 0.304 e. The standard InChI is InChI=1S/C12H25NO4/c1-5-13(10(4)6-12(15)16)7-11(14)8-17-9(2)3/h9-11,14H,5-8H2,1-4H3,(H,15,16). The lowest BCUT2D eigenvalue weighted by Gasteiger charge is -2.29. The molecule has 0 aromatic heterocycles. The van der Waals surface area contributed by atoms with E-state index in [1.807, 2.05) is 32.6 Å². The second-order valence-electron chi connectivity index (χ2n) is 4.57. The van der Waals surface area contributed by atoms with E-state index in [-0.39, 0.29) is 25.2 Å². The molecule has 17 heavy (non-hydrogen) atoms. The molecule has 0 saturated carbocycles. The molecule has 0 saturated heterocycles. The summed E-state index contributed by atoms with van der Waals surface area (Å²) in [5, 5.41) is 18.5. The number of hydrogen-bond acceptors (Lipinski definition) is 4. The van der Waals surface area contributed by atoms with Gasteiger partial charge >= 0.3 is 5.97 Å². The van der Waals surface area contributed by atoms with Gasteiger partial charge in [0.25, 0.3) is 0 Å². The fraction of sp³-hybridized carbons (Fsp3) is 0.917. The number of aliphatic hydroxyl groups excluding tert-OH is 1. The number of nitrogens with zero attached hydrogens (tertiary/aromatic N) is 1. The number of hydrogen-bond donors (Lipinski definition) is 2. The molecule has 2 unspecified atom stereocenters. The van der Waals surface area contributed by atoms with E-state index < -0.39 is 12.1 Å². The normalized spacial score (nSPS) is 15.2. The molecule has 0 radical (unpaired) electrons. The molecule has 5 heteroatoms. The summed E-state index contributed by atoms with van der Waals surface area (Å²) in [6.45, 7) is 9.08. The topological polar surface area (TPSA) is 70.0 Å². The Hall–Kier alpha value is -0.650. The highest BCUT2D eigenvalue weighted by Crippen LogP contribution is 2.05. The highest BCUT2D eigenvalue weighted by atomic mass is 16.5. The van der Waals surface area contributed by atoms with E-state index in [1.54, 1.807) is 0 Å².